The van der Waals surface area contributed by atoms with Gasteiger partial charge >= 0.3 is 0 Å². The molecule has 1 fully saturated rings. The average molecular weight is 370 g/mol. The fraction of sp³-hybridized carbons (Fsp3) is 0.333. The number of hydrogen-bond donors (Lipinski definition) is 0. The Morgan fingerprint density at radius 3 is 2.00 bits per heavy atom. The fourth-order valence-corrected chi connectivity index (χ4v) is 3.29. The number of hydrogen-bond acceptors (Lipinski definition) is 6. The minimum Gasteiger partial charge on any atom is -0.353 e. The Kier molecular flexibility index (Phi) is 4.46. The van der Waals surface area contributed by atoms with E-state index in [1.165, 1.54) is 0 Å². The van der Waals surface area contributed by atoms with E-state index in [9.17, 15) is 0 Å². The second-order valence-corrected chi connectivity index (χ2v) is 6.83. The van der Waals surface area contributed by atoms with Crippen LogP contribution in [0.5, 0.6) is 0 Å². The quantitative estimate of drug-likeness (QED) is 0.707. The largest absolute Gasteiger partial charge is 0.353 e. The molecule has 0 N–H and O–H groups in total. The van der Waals surface area contributed by atoms with E-state index in [4.69, 9.17) is 11.6 Å². The van der Waals surface area contributed by atoms with Crippen LogP contribution in [0.25, 0.3) is 5.82 Å². The molecular formula is C18H20ClN7. The highest BCUT2D eigenvalue weighted by atomic mass is 35.5. The zero-order valence-corrected chi connectivity index (χ0v) is 15.6. The molecule has 0 aromatic carbocycles. The van der Waals surface area contributed by atoms with E-state index in [0.717, 1.165) is 55.0 Å². The number of aryl methyl sites for hydroxylation is 2. The molecule has 0 saturated carbocycles. The molecule has 0 unspecified atom stereocenters. The highest BCUT2D eigenvalue weighted by molar-refractivity contribution is 6.30. The van der Waals surface area contributed by atoms with Crippen LogP contribution in [0, 0.1) is 13.8 Å². The van der Waals surface area contributed by atoms with Crippen LogP contribution in [0.3, 0.4) is 0 Å². The summed E-state index contributed by atoms with van der Waals surface area (Å²) in [5.41, 5.74) is 2.02. The van der Waals surface area contributed by atoms with E-state index in [1.807, 2.05) is 48.9 Å². The Balaban J connectivity index is 1.43. The first kappa shape index (κ1) is 16.8. The van der Waals surface area contributed by atoms with Gasteiger partial charge in [0.25, 0.3) is 0 Å². The Morgan fingerprint density at radius 2 is 1.46 bits per heavy atom. The summed E-state index contributed by atoms with van der Waals surface area (Å²) in [5, 5.41) is 13.9. The summed E-state index contributed by atoms with van der Waals surface area (Å²) in [6.07, 6.45) is 1.69. The number of aromatic nitrogens is 5. The molecule has 8 heteroatoms. The van der Waals surface area contributed by atoms with Crippen molar-refractivity contribution in [3.05, 3.63) is 52.9 Å². The Hall–Kier alpha value is -2.67. The predicted molar refractivity (Wildman–Crippen MR) is 102 cm³/mol. The lowest BCUT2D eigenvalue weighted by Crippen LogP contribution is -2.47. The lowest BCUT2D eigenvalue weighted by atomic mass is 10.3. The number of rotatable bonds is 3. The summed E-state index contributed by atoms with van der Waals surface area (Å²) in [7, 11) is 0. The summed E-state index contributed by atoms with van der Waals surface area (Å²) >= 11 is 5.91. The molecule has 4 heterocycles. The molecular weight excluding hydrogens is 350 g/mol. The molecule has 3 aromatic heterocycles. The molecule has 1 saturated heterocycles. The molecule has 134 valence electrons. The zero-order valence-electron chi connectivity index (χ0n) is 14.8. The minimum atomic E-state index is 0.658. The molecule has 0 aliphatic carbocycles. The molecule has 7 nitrogen and oxygen atoms in total. The van der Waals surface area contributed by atoms with Crippen LogP contribution < -0.4 is 9.80 Å². The standard InChI is InChI=1S/C18H20ClN7/c1-13-11-14(2)26(23-13)18-6-5-17(21-22-18)25-9-7-24(8-10-25)16-4-3-15(19)12-20-16/h3-6,11-12H,7-10H2,1-2H3. The maximum Gasteiger partial charge on any atom is 0.176 e. The highest BCUT2D eigenvalue weighted by Crippen LogP contribution is 2.19. The molecule has 0 atom stereocenters. The molecule has 0 bridgehead atoms. The topological polar surface area (TPSA) is 63.0 Å². The van der Waals surface area contributed by atoms with Gasteiger partial charge in [0.2, 0.25) is 0 Å². The lowest BCUT2D eigenvalue weighted by Gasteiger charge is -2.35. The van der Waals surface area contributed by atoms with Crippen molar-refractivity contribution >= 4 is 23.2 Å². The minimum absolute atomic E-state index is 0.658. The van der Waals surface area contributed by atoms with Crippen molar-refractivity contribution in [3.63, 3.8) is 0 Å². The fourth-order valence-electron chi connectivity index (χ4n) is 3.18. The molecule has 26 heavy (non-hydrogen) atoms. The summed E-state index contributed by atoms with van der Waals surface area (Å²) in [6.45, 7) is 7.50. The van der Waals surface area contributed by atoms with Crippen molar-refractivity contribution in [1.82, 2.24) is 25.0 Å². The van der Waals surface area contributed by atoms with Gasteiger partial charge in [-0.1, -0.05) is 11.6 Å². The average Bonchev–Trinajstić information content (AvgIpc) is 3.01. The van der Waals surface area contributed by atoms with Crippen LogP contribution >= 0.6 is 11.6 Å². The third-order valence-electron chi connectivity index (χ3n) is 4.50. The van der Waals surface area contributed by atoms with Gasteiger partial charge in [-0.05, 0) is 44.2 Å². The second kappa shape index (κ2) is 6.92. The van der Waals surface area contributed by atoms with Crippen molar-refractivity contribution in [1.29, 1.82) is 0 Å². The molecule has 0 radical (unpaired) electrons. The van der Waals surface area contributed by atoms with Gasteiger partial charge in [-0.2, -0.15) is 5.10 Å². The maximum absolute atomic E-state index is 5.91. The molecule has 1 aliphatic heterocycles. The van der Waals surface area contributed by atoms with E-state index in [-0.39, 0.29) is 0 Å². The van der Waals surface area contributed by atoms with Gasteiger partial charge in [-0.25, -0.2) is 9.67 Å². The van der Waals surface area contributed by atoms with Crippen LogP contribution in [0.2, 0.25) is 5.02 Å². The van der Waals surface area contributed by atoms with Crippen molar-refractivity contribution in [2.75, 3.05) is 36.0 Å². The van der Waals surface area contributed by atoms with E-state index in [0.29, 0.717) is 5.02 Å². The number of nitrogens with zero attached hydrogens (tertiary/aromatic N) is 7. The van der Waals surface area contributed by atoms with Crippen LogP contribution in [0.1, 0.15) is 11.4 Å². The molecule has 0 spiro atoms. The number of piperazine rings is 1. The van der Waals surface area contributed by atoms with Gasteiger partial charge in [0.1, 0.15) is 5.82 Å². The summed E-state index contributed by atoms with van der Waals surface area (Å²) in [4.78, 5) is 8.89. The molecule has 4 rings (SSSR count). The summed E-state index contributed by atoms with van der Waals surface area (Å²) in [5.74, 6) is 2.59. The number of anilines is 2. The van der Waals surface area contributed by atoms with Crippen LogP contribution in [-0.2, 0) is 0 Å². The van der Waals surface area contributed by atoms with Gasteiger partial charge < -0.3 is 9.80 Å². The van der Waals surface area contributed by atoms with Gasteiger partial charge in [0, 0.05) is 38.1 Å². The Bertz CT molecular complexity index is 881. The van der Waals surface area contributed by atoms with Gasteiger partial charge in [-0.15, -0.1) is 10.2 Å². The Labute approximate surface area is 157 Å². The van der Waals surface area contributed by atoms with E-state index < -0.39 is 0 Å². The molecule has 1 aliphatic rings. The van der Waals surface area contributed by atoms with Gasteiger partial charge in [-0.3, -0.25) is 0 Å². The van der Waals surface area contributed by atoms with Crippen molar-refractivity contribution in [2.45, 2.75) is 13.8 Å². The lowest BCUT2D eigenvalue weighted by molar-refractivity contribution is 0.636. The van der Waals surface area contributed by atoms with E-state index in [2.05, 4.69) is 30.1 Å². The second-order valence-electron chi connectivity index (χ2n) is 6.40. The maximum atomic E-state index is 5.91. The van der Waals surface area contributed by atoms with Crippen molar-refractivity contribution < 1.29 is 0 Å². The first-order valence-corrected chi connectivity index (χ1v) is 8.97. The van der Waals surface area contributed by atoms with Crippen LogP contribution in [0.4, 0.5) is 11.6 Å². The molecule has 0 amide bonds. The first-order valence-electron chi connectivity index (χ1n) is 8.59. The SMILES string of the molecule is Cc1cc(C)n(-c2ccc(N3CCN(c4ccc(Cl)cn4)CC3)nn2)n1. The highest BCUT2D eigenvalue weighted by Gasteiger charge is 2.19. The molecule has 3 aromatic rings. The smallest absolute Gasteiger partial charge is 0.176 e. The summed E-state index contributed by atoms with van der Waals surface area (Å²) in [6, 6.07) is 9.84. The normalized spacial score (nSPS) is 14.7. The Morgan fingerprint density at radius 1 is 0.846 bits per heavy atom. The zero-order chi connectivity index (χ0) is 18.1. The van der Waals surface area contributed by atoms with Crippen LogP contribution in [0.15, 0.2) is 36.5 Å². The number of halogens is 1. The summed E-state index contributed by atoms with van der Waals surface area (Å²) < 4.78 is 1.82. The van der Waals surface area contributed by atoms with E-state index >= 15 is 0 Å². The third kappa shape index (κ3) is 3.35. The predicted octanol–water partition coefficient (Wildman–Crippen LogP) is 2.65. The monoisotopic (exact) mass is 369 g/mol. The van der Waals surface area contributed by atoms with Gasteiger partial charge in [0.05, 0.1) is 10.7 Å². The number of pyridine rings is 1. The third-order valence-corrected chi connectivity index (χ3v) is 4.73. The van der Waals surface area contributed by atoms with Crippen molar-refractivity contribution in [3.8, 4) is 5.82 Å². The van der Waals surface area contributed by atoms with Crippen LogP contribution in [-0.4, -0.2) is 51.1 Å². The van der Waals surface area contributed by atoms with E-state index in [1.54, 1.807) is 6.20 Å². The van der Waals surface area contributed by atoms with Crippen molar-refractivity contribution in [2.24, 2.45) is 0 Å². The first-order chi connectivity index (χ1) is 12.6. The van der Waals surface area contributed by atoms with Gasteiger partial charge in [0.15, 0.2) is 11.6 Å².